The lowest BCUT2D eigenvalue weighted by Gasteiger charge is -2.42. The fourth-order valence-corrected chi connectivity index (χ4v) is 5.36. The minimum absolute atomic E-state index is 0.115. The fourth-order valence-electron chi connectivity index (χ4n) is 5.36. The van der Waals surface area contributed by atoms with Gasteiger partial charge in [-0.2, -0.15) is 0 Å². The van der Waals surface area contributed by atoms with Gasteiger partial charge in [-0.05, 0) is 44.2 Å². The predicted molar refractivity (Wildman–Crippen MR) is 154 cm³/mol. The quantitative estimate of drug-likeness (QED) is 0.496. The van der Waals surface area contributed by atoms with Gasteiger partial charge in [0.05, 0.1) is 0 Å². The third-order valence-corrected chi connectivity index (χ3v) is 7.60. The zero-order valence-electron chi connectivity index (χ0n) is 22.6. The molecule has 3 aromatic rings. The molecule has 2 aliphatic rings. The number of carbonyl (C=O) groups is 1. The van der Waals surface area contributed by atoms with Crippen LogP contribution in [0.1, 0.15) is 23.3 Å². The number of hydrogen-bond donors (Lipinski definition) is 2. The molecule has 2 fully saturated rings. The Bertz CT molecular complexity index is 1230. The van der Waals surface area contributed by atoms with Crippen molar-refractivity contribution >= 4 is 28.9 Å². The van der Waals surface area contributed by atoms with Crippen molar-refractivity contribution in [2.45, 2.75) is 18.9 Å². The number of likely N-dealkylation sites (N-methyl/N-ethyl adjacent to an activating group) is 1. The Balaban J connectivity index is 1.29. The van der Waals surface area contributed by atoms with Gasteiger partial charge in [-0.1, -0.05) is 30.3 Å². The highest BCUT2D eigenvalue weighted by atomic mass is 16.1. The number of rotatable bonds is 7. The molecule has 0 aliphatic carbocycles. The Kier molecular flexibility index (Phi) is 7.76. The summed E-state index contributed by atoms with van der Waals surface area (Å²) in [7, 11) is 6.03. The van der Waals surface area contributed by atoms with E-state index in [1.54, 1.807) is 0 Å². The largest absolute Gasteiger partial charge is 0.371 e. The van der Waals surface area contributed by atoms with E-state index < -0.39 is 5.91 Å². The Morgan fingerprint density at radius 1 is 0.921 bits per heavy atom. The number of nitrogens with zero attached hydrogens (tertiary/aromatic N) is 6. The highest BCUT2D eigenvalue weighted by molar-refractivity contribution is 5.97. The molecule has 1 amide bonds. The SMILES string of the molecule is CN1CCN(C2CCN(c3ccc(Nc4nc(N(C)C)c(-c5ccccc5)nc4C(N)=O)cc3)CC2)CC1. The molecule has 0 unspecified atom stereocenters. The van der Waals surface area contributed by atoms with E-state index in [0.29, 0.717) is 23.4 Å². The summed E-state index contributed by atoms with van der Waals surface area (Å²) in [6.45, 7) is 6.82. The van der Waals surface area contributed by atoms with Crippen LogP contribution in [0.25, 0.3) is 11.3 Å². The number of aromatic nitrogens is 2. The Morgan fingerprint density at radius 3 is 2.18 bits per heavy atom. The summed E-state index contributed by atoms with van der Waals surface area (Å²) in [5, 5.41) is 3.28. The zero-order valence-corrected chi connectivity index (χ0v) is 22.6. The van der Waals surface area contributed by atoms with Gasteiger partial charge in [0.1, 0.15) is 5.69 Å². The van der Waals surface area contributed by atoms with Crippen molar-refractivity contribution in [3.8, 4) is 11.3 Å². The van der Waals surface area contributed by atoms with Gasteiger partial charge in [-0.25, -0.2) is 9.97 Å². The van der Waals surface area contributed by atoms with E-state index in [-0.39, 0.29) is 5.69 Å². The van der Waals surface area contributed by atoms with Crippen molar-refractivity contribution in [2.24, 2.45) is 5.73 Å². The third-order valence-electron chi connectivity index (χ3n) is 7.60. The van der Waals surface area contributed by atoms with E-state index in [0.717, 1.165) is 24.3 Å². The minimum atomic E-state index is -0.623. The number of piperazine rings is 1. The molecule has 2 saturated heterocycles. The standard InChI is InChI=1S/C29H38N8O/c1-34(2)29-25(21-7-5-4-6-8-21)32-26(27(30)38)28(33-29)31-22-9-11-23(12-10-22)36-15-13-24(14-16-36)37-19-17-35(3)18-20-37/h4-12,24H,13-20H2,1-3H3,(H2,30,38)(H,31,33). The van der Waals surface area contributed by atoms with Crippen LogP contribution in [0, 0.1) is 0 Å². The molecule has 2 aromatic carbocycles. The van der Waals surface area contributed by atoms with Crippen LogP contribution < -0.4 is 20.9 Å². The topological polar surface area (TPSA) is 93.9 Å². The number of anilines is 4. The average Bonchev–Trinajstić information content (AvgIpc) is 2.94. The number of benzene rings is 2. The smallest absolute Gasteiger partial charge is 0.271 e. The van der Waals surface area contributed by atoms with Crippen LogP contribution in [-0.2, 0) is 0 Å². The number of piperidine rings is 1. The van der Waals surface area contributed by atoms with Crippen LogP contribution in [-0.4, -0.2) is 92.1 Å². The summed E-state index contributed by atoms with van der Waals surface area (Å²) >= 11 is 0. The summed E-state index contributed by atoms with van der Waals surface area (Å²) < 4.78 is 0. The molecule has 38 heavy (non-hydrogen) atoms. The Hall–Kier alpha value is -3.69. The number of amides is 1. The average molecular weight is 515 g/mol. The molecule has 0 radical (unpaired) electrons. The molecule has 9 nitrogen and oxygen atoms in total. The number of primary amides is 1. The second-order valence-electron chi connectivity index (χ2n) is 10.4. The molecular formula is C29H38N8O. The maximum atomic E-state index is 12.3. The van der Waals surface area contributed by atoms with Crippen LogP contribution in [0.3, 0.4) is 0 Å². The van der Waals surface area contributed by atoms with Crippen molar-refractivity contribution in [3.05, 3.63) is 60.3 Å². The Morgan fingerprint density at radius 2 is 1.58 bits per heavy atom. The molecule has 0 bridgehead atoms. The molecule has 0 atom stereocenters. The van der Waals surface area contributed by atoms with Crippen LogP contribution in [0.4, 0.5) is 23.0 Å². The molecule has 3 heterocycles. The lowest BCUT2D eigenvalue weighted by Crippen LogP contribution is -2.52. The van der Waals surface area contributed by atoms with Crippen molar-refractivity contribution in [2.75, 3.05) is 75.5 Å². The van der Waals surface area contributed by atoms with Crippen LogP contribution in [0.15, 0.2) is 54.6 Å². The van der Waals surface area contributed by atoms with E-state index in [9.17, 15) is 4.79 Å². The van der Waals surface area contributed by atoms with E-state index >= 15 is 0 Å². The van der Waals surface area contributed by atoms with Gasteiger partial charge in [0.2, 0.25) is 0 Å². The molecule has 200 valence electrons. The molecule has 5 rings (SSSR count). The lowest BCUT2D eigenvalue weighted by atomic mass is 10.0. The molecule has 2 aliphatic heterocycles. The van der Waals surface area contributed by atoms with E-state index in [1.165, 1.54) is 44.7 Å². The van der Waals surface area contributed by atoms with Crippen molar-refractivity contribution in [3.63, 3.8) is 0 Å². The van der Waals surface area contributed by atoms with E-state index in [4.69, 9.17) is 10.7 Å². The summed E-state index contributed by atoms with van der Waals surface area (Å²) in [4.78, 5) is 31.2. The van der Waals surface area contributed by atoms with Crippen LogP contribution >= 0.6 is 0 Å². The van der Waals surface area contributed by atoms with Crippen LogP contribution in [0.5, 0.6) is 0 Å². The first kappa shape index (κ1) is 25.9. The number of nitrogens with two attached hydrogens (primary N) is 1. The minimum Gasteiger partial charge on any atom is -0.371 e. The molecular weight excluding hydrogens is 476 g/mol. The first-order valence-corrected chi connectivity index (χ1v) is 13.4. The molecule has 1 aromatic heterocycles. The Labute approximate surface area is 225 Å². The normalized spacial score (nSPS) is 17.4. The van der Waals surface area contributed by atoms with E-state index in [2.05, 4.69) is 44.2 Å². The van der Waals surface area contributed by atoms with Crippen molar-refractivity contribution in [1.82, 2.24) is 19.8 Å². The maximum absolute atomic E-state index is 12.3. The van der Waals surface area contributed by atoms with Gasteiger partial charge >= 0.3 is 0 Å². The second-order valence-corrected chi connectivity index (χ2v) is 10.4. The number of hydrogen-bond acceptors (Lipinski definition) is 8. The highest BCUT2D eigenvalue weighted by Gasteiger charge is 2.27. The van der Waals surface area contributed by atoms with Gasteiger partial charge in [0.25, 0.3) is 5.91 Å². The van der Waals surface area contributed by atoms with Gasteiger partial charge < -0.3 is 25.8 Å². The molecule has 0 saturated carbocycles. The number of carbonyl (C=O) groups excluding carboxylic acids is 1. The summed E-state index contributed by atoms with van der Waals surface area (Å²) in [6, 6.07) is 18.7. The highest BCUT2D eigenvalue weighted by Crippen LogP contribution is 2.31. The van der Waals surface area contributed by atoms with Gasteiger partial charge in [0.15, 0.2) is 17.3 Å². The lowest BCUT2D eigenvalue weighted by molar-refractivity contribution is 0.0982. The summed E-state index contributed by atoms with van der Waals surface area (Å²) in [6.07, 6.45) is 2.39. The number of nitrogens with one attached hydrogen (secondary N) is 1. The monoisotopic (exact) mass is 514 g/mol. The molecule has 9 heteroatoms. The fraction of sp³-hybridized carbons (Fsp3) is 0.414. The molecule has 0 spiro atoms. The van der Waals surface area contributed by atoms with Crippen LogP contribution in [0.2, 0.25) is 0 Å². The summed E-state index contributed by atoms with van der Waals surface area (Å²) in [5.74, 6) is 0.382. The van der Waals surface area contributed by atoms with Gasteiger partial charge in [0, 0.05) is 76.3 Å². The molecule has 3 N–H and O–H groups in total. The third kappa shape index (κ3) is 5.74. The first-order chi connectivity index (χ1) is 18.4. The predicted octanol–water partition coefficient (Wildman–Crippen LogP) is 3.27. The van der Waals surface area contributed by atoms with Crippen molar-refractivity contribution in [1.29, 1.82) is 0 Å². The second kappa shape index (κ2) is 11.4. The van der Waals surface area contributed by atoms with Gasteiger partial charge in [-0.15, -0.1) is 0 Å². The zero-order chi connectivity index (χ0) is 26.6. The first-order valence-electron chi connectivity index (χ1n) is 13.4. The maximum Gasteiger partial charge on any atom is 0.271 e. The summed E-state index contributed by atoms with van der Waals surface area (Å²) in [5.41, 5.74) is 9.37. The van der Waals surface area contributed by atoms with Crippen molar-refractivity contribution < 1.29 is 4.79 Å². The van der Waals surface area contributed by atoms with Gasteiger partial charge in [-0.3, -0.25) is 9.69 Å². The van der Waals surface area contributed by atoms with E-state index in [1.807, 2.05) is 61.5 Å².